The normalized spacial score (nSPS) is 18.3. The van der Waals surface area contributed by atoms with E-state index in [1.807, 2.05) is 0 Å². The minimum Gasteiger partial charge on any atom is -0.295 e. The number of hydrogen-bond acceptors (Lipinski definition) is 2. The second kappa shape index (κ2) is 6.50. The van der Waals surface area contributed by atoms with Gasteiger partial charge in [-0.25, -0.2) is 0 Å². The van der Waals surface area contributed by atoms with Crippen LogP contribution in [0.15, 0.2) is 42.5 Å². The maximum absolute atomic E-state index is 12.9. The van der Waals surface area contributed by atoms with Gasteiger partial charge in [-0.15, -0.1) is 11.8 Å². The molecule has 0 unspecified atom stereocenters. The van der Waals surface area contributed by atoms with Crippen LogP contribution in [-0.4, -0.2) is 11.7 Å². The highest BCUT2D eigenvalue weighted by molar-refractivity contribution is 8.00. The van der Waals surface area contributed by atoms with Crippen molar-refractivity contribution in [1.29, 1.82) is 0 Å². The van der Waals surface area contributed by atoms with Crippen molar-refractivity contribution < 1.29 is 18.0 Å². The second-order valence-electron chi connectivity index (χ2n) is 5.12. The summed E-state index contributed by atoms with van der Waals surface area (Å²) in [7, 11) is 0. The summed E-state index contributed by atoms with van der Waals surface area (Å²) in [5.74, 6) is -0.121. The zero-order chi connectivity index (χ0) is 17.5. The van der Waals surface area contributed by atoms with Gasteiger partial charge in [0.05, 0.1) is 21.4 Å². The molecule has 1 aliphatic rings. The fourth-order valence-corrected chi connectivity index (χ4v) is 4.16. The Balaban J connectivity index is 2.05. The van der Waals surface area contributed by atoms with Crippen LogP contribution in [0.3, 0.4) is 0 Å². The lowest BCUT2D eigenvalue weighted by Gasteiger charge is -2.26. The van der Waals surface area contributed by atoms with Gasteiger partial charge in [0.25, 0.3) is 0 Å². The van der Waals surface area contributed by atoms with Gasteiger partial charge in [-0.2, -0.15) is 13.2 Å². The van der Waals surface area contributed by atoms with Crippen molar-refractivity contribution in [3.05, 3.63) is 63.6 Å². The fraction of sp³-hybridized carbons (Fsp3) is 0.188. The summed E-state index contributed by atoms with van der Waals surface area (Å²) in [5.41, 5.74) is -0.0288. The Bertz CT molecular complexity index is 797. The molecule has 24 heavy (non-hydrogen) atoms. The first-order valence-electron chi connectivity index (χ1n) is 6.84. The number of halogens is 5. The molecule has 1 saturated heterocycles. The molecular weight excluding hydrogens is 382 g/mol. The summed E-state index contributed by atoms with van der Waals surface area (Å²) in [6, 6.07) is 9.72. The molecule has 0 saturated carbocycles. The molecular formula is C16H10Cl2F3NOS. The molecule has 0 radical (unpaired) electrons. The summed E-state index contributed by atoms with van der Waals surface area (Å²) in [6.45, 7) is 0. The van der Waals surface area contributed by atoms with Crippen LogP contribution in [0.4, 0.5) is 18.9 Å². The van der Waals surface area contributed by atoms with Gasteiger partial charge < -0.3 is 0 Å². The van der Waals surface area contributed by atoms with Crippen LogP contribution in [-0.2, 0) is 11.0 Å². The van der Waals surface area contributed by atoms with E-state index >= 15 is 0 Å². The van der Waals surface area contributed by atoms with Crippen molar-refractivity contribution in [1.82, 2.24) is 0 Å². The average Bonchev–Trinajstić information content (AvgIpc) is 2.91. The van der Waals surface area contributed by atoms with E-state index in [9.17, 15) is 18.0 Å². The largest absolute Gasteiger partial charge is 0.416 e. The van der Waals surface area contributed by atoms with Crippen molar-refractivity contribution in [2.24, 2.45) is 0 Å². The highest BCUT2D eigenvalue weighted by Crippen LogP contribution is 2.46. The number of rotatable bonds is 2. The number of nitrogens with zero attached hydrogens (tertiary/aromatic N) is 1. The van der Waals surface area contributed by atoms with E-state index in [2.05, 4.69) is 0 Å². The lowest BCUT2D eigenvalue weighted by molar-refractivity contribution is -0.137. The molecule has 126 valence electrons. The number of carbonyl (C=O) groups is 1. The van der Waals surface area contributed by atoms with Crippen LogP contribution in [0.1, 0.15) is 16.5 Å². The molecule has 1 aliphatic heterocycles. The maximum Gasteiger partial charge on any atom is 0.416 e. The number of hydrogen-bond donors (Lipinski definition) is 0. The van der Waals surface area contributed by atoms with Crippen molar-refractivity contribution in [3.8, 4) is 0 Å². The summed E-state index contributed by atoms with van der Waals surface area (Å²) >= 11 is 13.5. The average molecular weight is 392 g/mol. The van der Waals surface area contributed by atoms with Crippen LogP contribution in [0.5, 0.6) is 0 Å². The predicted octanol–water partition coefficient (Wildman–Crippen LogP) is 5.79. The van der Waals surface area contributed by atoms with Crippen molar-refractivity contribution in [2.75, 3.05) is 10.7 Å². The number of anilines is 1. The molecule has 8 heteroatoms. The molecule has 0 spiro atoms. The predicted molar refractivity (Wildman–Crippen MR) is 90.6 cm³/mol. The highest BCUT2D eigenvalue weighted by atomic mass is 35.5. The molecule has 0 N–H and O–H groups in total. The zero-order valence-corrected chi connectivity index (χ0v) is 14.3. The smallest absolute Gasteiger partial charge is 0.295 e. The van der Waals surface area contributed by atoms with Gasteiger partial charge in [0.2, 0.25) is 5.91 Å². The van der Waals surface area contributed by atoms with Gasteiger partial charge in [0.15, 0.2) is 0 Å². The number of alkyl halides is 3. The summed E-state index contributed by atoms with van der Waals surface area (Å²) in [6.07, 6.45) is -4.48. The molecule has 3 rings (SSSR count). The SMILES string of the molecule is O=C1CS[C@@H](c2cccc(Cl)c2Cl)N1c1cccc(C(F)(F)F)c1. The van der Waals surface area contributed by atoms with Crippen LogP contribution >= 0.6 is 35.0 Å². The van der Waals surface area contributed by atoms with Gasteiger partial charge in [-0.05, 0) is 24.3 Å². The molecule has 2 aromatic rings. The number of amides is 1. The lowest BCUT2D eigenvalue weighted by atomic mass is 10.1. The maximum atomic E-state index is 12.9. The third kappa shape index (κ3) is 3.23. The molecule has 2 aromatic carbocycles. The summed E-state index contributed by atoms with van der Waals surface area (Å²) in [4.78, 5) is 13.6. The van der Waals surface area contributed by atoms with Gasteiger partial charge in [-0.1, -0.05) is 41.4 Å². The van der Waals surface area contributed by atoms with E-state index in [4.69, 9.17) is 23.2 Å². The Hall–Kier alpha value is -1.37. The van der Waals surface area contributed by atoms with Crippen LogP contribution in [0.25, 0.3) is 0 Å². The Morgan fingerprint density at radius 2 is 1.83 bits per heavy atom. The van der Waals surface area contributed by atoms with Crippen LogP contribution < -0.4 is 4.90 Å². The second-order valence-corrected chi connectivity index (χ2v) is 6.97. The highest BCUT2D eigenvalue weighted by Gasteiger charge is 2.37. The van der Waals surface area contributed by atoms with Gasteiger partial charge in [0.1, 0.15) is 5.37 Å². The van der Waals surface area contributed by atoms with E-state index in [-0.39, 0.29) is 17.3 Å². The van der Waals surface area contributed by atoms with Crippen molar-refractivity contribution >= 4 is 46.6 Å². The molecule has 0 aliphatic carbocycles. The first-order chi connectivity index (χ1) is 11.3. The number of benzene rings is 2. The van der Waals surface area contributed by atoms with E-state index < -0.39 is 17.1 Å². The standard InChI is InChI=1S/C16H10Cl2F3NOS/c17-12-6-2-5-11(14(12)18)15-22(13(23)8-24-15)10-4-1-3-9(7-10)16(19,20)21/h1-7,15H,8H2/t15-/m0/s1. The van der Waals surface area contributed by atoms with Crippen molar-refractivity contribution in [2.45, 2.75) is 11.6 Å². The Kier molecular flexibility index (Phi) is 4.73. The summed E-state index contributed by atoms with van der Waals surface area (Å²) < 4.78 is 38.8. The number of thioether (sulfide) groups is 1. The first-order valence-corrected chi connectivity index (χ1v) is 8.64. The first kappa shape index (κ1) is 17.5. The molecule has 1 heterocycles. The van der Waals surface area contributed by atoms with E-state index in [1.54, 1.807) is 18.2 Å². The Morgan fingerprint density at radius 3 is 2.54 bits per heavy atom. The van der Waals surface area contributed by atoms with E-state index in [1.165, 1.54) is 28.8 Å². The third-order valence-corrected chi connectivity index (χ3v) is 5.59. The quantitative estimate of drug-likeness (QED) is 0.645. The fourth-order valence-electron chi connectivity index (χ4n) is 2.48. The molecule has 0 aromatic heterocycles. The topological polar surface area (TPSA) is 20.3 Å². The Labute approximate surface area is 150 Å². The number of carbonyl (C=O) groups excluding carboxylic acids is 1. The zero-order valence-electron chi connectivity index (χ0n) is 12.0. The van der Waals surface area contributed by atoms with Gasteiger partial charge in [-0.3, -0.25) is 9.69 Å². The van der Waals surface area contributed by atoms with Gasteiger partial charge >= 0.3 is 6.18 Å². The van der Waals surface area contributed by atoms with Gasteiger partial charge in [0, 0.05) is 11.3 Å². The van der Waals surface area contributed by atoms with Crippen LogP contribution in [0, 0.1) is 0 Å². The molecule has 1 fully saturated rings. The Morgan fingerprint density at radius 1 is 1.12 bits per heavy atom. The minimum absolute atomic E-state index is 0.157. The minimum atomic E-state index is -4.48. The lowest BCUT2D eigenvalue weighted by Crippen LogP contribution is -2.28. The molecule has 2 nitrogen and oxygen atoms in total. The molecule has 1 atom stereocenters. The van der Waals surface area contributed by atoms with E-state index in [0.29, 0.717) is 15.6 Å². The van der Waals surface area contributed by atoms with Crippen LogP contribution in [0.2, 0.25) is 10.0 Å². The molecule has 0 bridgehead atoms. The van der Waals surface area contributed by atoms with E-state index in [0.717, 1.165) is 12.1 Å². The summed E-state index contributed by atoms with van der Waals surface area (Å²) in [5, 5.41) is 0.105. The monoisotopic (exact) mass is 391 g/mol. The molecule has 1 amide bonds. The third-order valence-electron chi connectivity index (χ3n) is 3.57. The van der Waals surface area contributed by atoms with Crippen molar-refractivity contribution in [3.63, 3.8) is 0 Å².